The van der Waals surface area contributed by atoms with Crippen molar-refractivity contribution < 1.29 is 9.59 Å². The van der Waals surface area contributed by atoms with Crippen LogP contribution in [-0.2, 0) is 17.6 Å². The summed E-state index contributed by atoms with van der Waals surface area (Å²) in [5, 5.41) is 12.2. The number of benzene rings is 1. The molecule has 2 aromatic rings. The number of carbonyl (C=O) groups excluding carboxylic acids is 2. The molecule has 1 aromatic carbocycles. The number of nitriles is 1. The van der Waals surface area contributed by atoms with Gasteiger partial charge in [-0.25, -0.2) is 0 Å². The Hall–Kier alpha value is -2.10. The maximum Gasteiger partial charge on any atom is 0.235 e. The van der Waals surface area contributed by atoms with Crippen molar-refractivity contribution in [2.75, 3.05) is 16.8 Å². The van der Waals surface area contributed by atoms with Crippen molar-refractivity contribution in [1.82, 2.24) is 0 Å². The van der Waals surface area contributed by atoms with E-state index in [0.717, 1.165) is 30.4 Å². The fourth-order valence-corrected chi connectivity index (χ4v) is 5.24. The van der Waals surface area contributed by atoms with Crippen molar-refractivity contribution in [1.29, 1.82) is 5.26 Å². The maximum absolute atomic E-state index is 13.3. The molecule has 0 bridgehead atoms. The lowest BCUT2D eigenvalue weighted by Gasteiger charge is -2.18. The standard InChI is InChI=1S/C21H22N2O2S2/c1-13-4-3-5-15(10-13)20(25)19-16-7-6-14(2)11-17(16)27-21(19)23-18(24)12-26-9-8-22/h3-5,10,14H,6-7,9,11-12H2,1-2H3,(H,23,24). The van der Waals surface area contributed by atoms with E-state index in [1.165, 1.54) is 28.0 Å². The van der Waals surface area contributed by atoms with Crippen LogP contribution in [0.2, 0.25) is 0 Å². The Morgan fingerprint density at radius 3 is 2.96 bits per heavy atom. The molecule has 0 radical (unpaired) electrons. The molecule has 0 spiro atoms. The molecule has 140 valence electrons. The third-order valence-electron chi connectivity index (χ3n) is 4.67. The summed E-state index contributed by atoms with van der Waals surface area (Å²) in [5.74, 6) is 0.893. The molecule has 1 N–H and O–H groups in total. The zero-order valence-corrected chi connectivity index (χ0v) is 17.1. The molecule has 1 aliphatic carbocycles. The first-order chi connectivity index (χ1) is 13.0. The Bertz CT molecular complexity index is 911. The molecule has 6 heteroatoms. The second-order valence-corrected chi connectivity index (χ2v) is 9.04. The minimum atomic E-state index is -0.166. The lowest BCUT2D eigenvalue weighted by molar-refractivity contribution is -0.113. The zero-order valence-electron chi connectivity index (χ0n) is 15.5. The molecule has 1 unspecified atom stereocenters. The van der Waals surface area contributed by atoms with Gasteiger partial charge in [0, 0.05) is 10.4 Å². The van der Waals surface area contributed by atoms with Gasteiger partial charge >= 0.3 is 0 Å². The van der Waals surface area contributed by atoms with Crippen LogP contribution >= 0.6 is 23.1 Å². The Morgan fingerprint density at radius 2 is 2.22 bits per heavy atom. The molecule has 4 nitrogen and oxygen atoms in total. The van der Waals surface area contributed by atoms with Gasteiger partial charge in [-0.3, -0.25) is 9.59 Å². The fraction of sp³-hybridized carbons (Fsp3) is 0.381. The minimum Gasteiger partial charge on any atom is -0.316 e. The van der Waals surface area contributed by atoms with Crippen molar-refractivity contribution >= 4 is 39.8 Å². The maximum atomic E-state index is 13.3. The number of carbonyl (C=O) groups is 2. The molecule has 1 aliphatic rings. The third kappa shape index (κ3) is 4.60. The minimum absolute atomic E-state index is 0.0225. The molecule has 27 heavy (non-hydrogen) atoms. The average molecular weight is 399 g/mol. The Morgan fingerprint density at radius 1 is 1.41 bits per heavy atom. The lowest BCUT2D eigenvalue weighted by Crippen LogP contribution is -2.17. The van der Waals surface area contributed by atoms with Crippen LogP contribution < -0.4 is 5.32 Å². The fourth-order valence-electron chi connectivity index (χ4n) is 3.36. The molecule has 1 aromatic heterocycles. The van der Waals surface area contributed by atoms with E-state index in [9.17, 15) is 9.59 Å². The number of fused-ring (bicyclic) bond motifs is 1. The summed E-state index contributed by atoms with van der Waals surface area (Å²) in [7, 11) is 0. The van der Waals surface area contributed by atoms with Crippen molar-refractivity contribution in [2.45, 2.75) is 33.1 Å². The number of ketones is 1. The van der Waals surface area contributed by atoms with Gasteiger partial charge in [0.15, 0.2) is 5.78 Å². The third-order valence-corrected chi connectivity index (χ3v) is 6.64. The van der Waals surface area contributed by atoms with Crippen LogP contribution in [0.25, 0.3) is 0 Å². The predicted octanol–water partition coefficient (Wildman–Crippen LogP) is 4.61. The zero-order chi connectivity index (χ0) is 19.4. The number of aryl methyl sites for hydroxylation is 1. The van der Waals surface area contributed by atoms with E-state index < -0.39 is 0 Å². The number of rotatable bonds is 6. The first-order valence-corrected chi connectivity index (χ1v) is 11.0. The largest absolute Gasteiger partial charge is 0.316 e. The second-order valence-electron chi connectivity index (χ2n) is 6.95. The molecule has 1 heterocycles. The van der Waals surface area contributed by atoms with E-state index in [4.69, 9.17) is 5.26 Å². The van der Waals surface area contributed by atoms with Gasteiger partial charge in [0.1, 0.15) is 5.00 Å². The van der Waals surface area contributed by atoms with Crippen molar-refractivity contribution in [3.8, 4) is 6.07 Å². The molecule has 3 rings (SSSR count). The number of anilines is 1. The lowest BCUT2D eigenvalue weighted by atomic mass is 9.86. The van der Waals surface area contributed by atoms with E-state index in [-0.39, 0.29) is 23.2 Å². The van der Waals surface area contributed by atoms with Crippen LogP contribution in [0.3, 0.4) is 0 Å². The highest BCUT2D eigenvalue weighted by molar-refractivity contribution is 8.00. The SMILES string of the molecule is Cc1cccc(C(=O)c2c(NC(=O)CSCC#N)sc3c2CCC(C)C3)c1. The Balaban J connectivity index is 1.94. The first kappa shape index (κ1) is 19.7. The number of hydrogen-bond donors (Lipinski definition) is 1. The highest BCUT2D eigenvalue weighted by Crippen LogP contribution is 2.40. The Kier molecular flexibility index (Phi) is 6.35. The molecular formula is C21H22N2O2S2. The number of nitrogens with one attached hydrogen (secondary N) is 1. The van der Waals surface area contributed by atoms with Crippen LogP contribution in [0.4, 0.5) is 5.00 Å². The summed E-state index contributed by atoms with van der Waals surface area (Å²) in [4.78, 5) is 26.8. The van der Waals surface area contributed by atoms with Crippen LogP contribution in [0, 0.1) is 24.2 Å². The first-order valence-electron chi connectivity index (χ1n) is 9.00. The van der Waals surface area contributed by atoms with Gasteiger partial charge in [0.25, 0.3) is 0 Å². The second kappa shape index (κ2) is 8.73. The van der Waals surface area contributed by atoms with Gasteiger partial charge < -0.3 is 5.32 Å². The van der Waals surface area contributed by atoms with E-state index in [1.807, 2.05) is 37.3 Å². The molecular weight excluding hydrogens is 376 g/mol. The summed E-state index contributed by atoms with van der Waals surface area (Å²) < 4.78 is 0. The number of hydrogen-bond acceptors (Lipinski definition) is 5. The highest BCUT2D eigenvalue weighted by Gasteiger charge is 2.28. The van der Waals surface area contributed by atoms with Crippen molar-refractivity contribution in [3.63, 3.8) is 0 Å². The van der Waals surface area contributed by atoms with Gasteiger partial charge in [0.05, 0.1) is 23.1 Å². The number of amides is 1. The van der Waals surface area contributed by atoms with Crippen molar-refractivity contribution in [2.24, 2.45) is 5.92 Å². The summed E-state index contributed by atoms with van der Waals surface area (Å²) in [6.07, 6.45) is 2.88. The van der Waals surface area contributed by atoms with Crippen LogP contribution in [0.15, 0.2) is 24.3 Å². The number of nitrogens with zero attached hydrogens (tertiary/aromatic N) is 1. The van der Waals surface area contributed by atoms with E-state index in [2.05, 4.69) is 12.2 Å². The Labute approximate surface area is 168 Å². The molecule has 1 amide bonds. The van der Waals surface area contributed by atoms with E-state index in [0.29, 0.717) is 22.0 Å². The summed E-state index contributed by atoms with van der Waals surface area (Å²) in [5.41, 5.74) is 3.45. The molecule has 1 atom stereocenters. The normalized spacial score (nSPS) is 15.7. The smallest absolute Gasteiger partial charge is 0.235 e. The highest BCUT2D eigenvalue weighted by atomic mass is 32.2. The topological polar surface area (TPSA) is 70.0 Å². The van der Waals surface area contributed by atoms with E-state index >= 15 is 0 Å². The predicted molar refractivity (Wildman–Crippen MR) is 112 cm³/mol. The quantitative estimate of drug-likeness (QED) is 0.570. The van der Waals surface area contributed by atoms with Gasteiger partial charge in [-0.05, 0) is 43.7 Å². The van der Waals surface area contributed by atoms with Gasteiger partial charge in [0.2, 0.25) is 5.91 Å². The van der Waals surface area contributed by atoms with Gasteiger partial charge in [-0.15, -0.1) is 23.1 Å². The van der Waals surface area contributed by atoms with Crippen LogP contribution in [0.1, 0.15) is 45.3 Å². The molecule has 0 saturated carbocycles. The van der Waals surface area contributed by atoms with E-state index in [1.54, 1.807) is 0 Å². The molecule has 0 aliphatic heterocycles. The average Bonchev–Trinajstić information content (AvgIpc) is 2.98. The number of thiophene rings is 1. The van der Waals surface area contributed by atoms with Gasteiger partial charge in [-0.2, -0.15) is 5.26 Å². The van der Waals surface area contributed by atoms with Crippen LogP contribution in [-0.4, -0.2) is 23.2 Å². The van der Waals surface area contributed by atoms with Crippen molar-refractivity contribution in [3.05, 3.63) is 51.4 Å². The monoisotopic (exact) mass is 398 g/mol. The summed E-state index contributed by atoms with van der Waals surface area (Å²) in [6.45, 7) is 4.19. The number of thioether (sulfide) groups is 1. The summed E-state index contributed by atoms with van der Waals surface area (Å²) in [6, 6.07) is 9.61. The van der Waals surface area contributed by atoms with Crippen LogP contribution in [0.5, 0.6) is 0 Å². The molecule has 0 fully saturated rings. The van der Waals surface area contributed by atoms with Gasteiger partial charge in [-0.1, -0.05) is 30.7 Å². The molecule has 0 saturated heterocycles. The summed E-state index contributed by atoms with van der Waals surface area (Å²) >= 11 is 2.81.